The SMILES string of the molecule is Cc1ccc([N+](=O)[O-])cc1NC(=O)CSc1nc(-c2ccc(Br)cc2)nc2ccc(F)cc12. The number of benzene rings is 3. The third-order valence-corrected chi connectivity index (χ3v) is 6.29. The van der Waals surface area contributed by atoms with Crippen molar-refractivity contribution in [2.45, 2.75) is 11.9 Å². The minimum atomic E-state index is -0.519. The average Bonchev–Trinajstić information content (AvgIpc) is 2.79. The Morgan fingerprint density at radius 2 is 1.88 bits per heavy atom. The number of hydrogen-bond acceptors (Lipinski definition) is 6. The summed E-state index contributed by atoms with van der Waals surface area (Å²) in [6.45, 7) is 1.75. The molecule has 0 unspecified atom stereocenters. The number of carbonyl (C=O) groups is 1. The van der Waals surface area contributed by atoms with E-state index in [-0.39, 0.29) is 17.3 Å². The summed E-state index contributed by atoms with van der Waals surface area (Å²) in [4.78, 5) is 32.2. The minimum absolute atomic E-state index is 0.0233. The van der Waals surface area contributed by atoms with Crippen LogP contribution >= 0.6 is 27.7 Å². The van der Waals surface area contributed by atoms with E-state index in [1.807, 2.05) is 24.3 Å². The van der Waals surface area contributed by atoms with Gasteiger partial charge in [0.25, 0.3) is 5.69 Å². The first-order valence-corrected chi connectivity index (χ1v) is 11.5. The lowest BCUT2D eigenvalue weighted by molar-refractivity contribution is -0.384. The van der Waals surface area contributed by atoms with Crippen LogP contribution in [0.5, 0.6) is 0 Å². The molecule has 0 radical (unpaired) electrons. The lowest BCUT2D eigenvalue weighted by Crippen LogP contribution is -2.15. The van der Waals surface area contributed by atoms with Crippen LogP contribution < -0.4 is 5.32 Å². The van der Waals surface area contributed by atoms with Gasteiger partial charge in [-0.1, -0.05) is 45.9 Å². The number of aromatic nitrogens is 2. The Hall–Kier alpha value is -3.37. The van der Waals surface area contributed by atoms with Crippen molar-refractivity contribution in [3.8, 4) is 11.4 Å². The number of carbonyl (C=O) groups excluding carboxylic acids is 1. The van der Waals surface area contributed by atoms with Crippen molar-refractivity contribution in [1.29, 1.82) is 0 Å². The molecule has 166 valence electrons. The smallest absolute Gasteiger partial charge is 0.271 e. The highest BCUT2D eigenvalue weighted by molar-refractivity contribution is 9.10. The van der Waals surface area contributed by atoms with Gasteiger partial charge in [-0.25, -0.2) is 14.4 Å². The second kappa shape index (κ2) is 9.63. The monoisotopic (exact) mass is 526 g/mol. The first-order valence-electron chi connectivity index (χ1n) is 9.71. The van der Waals surface area contributed by atoms with E-state index in [1.54, 1.807) is 19.1 Å². The molecular formula is C23H16BrFN4O3S. The molecule has 3 aromatic carbocycles. The molecule has 1 amide bonds. The van der Waals surface area contributed by atoms with Crippen molar-refractivity contribution in [2.75, 3.05) is 11.1 Å². The Morgan fingerprint density at radius 1 is 1.12 bits per heavy atom. The molecule has 0 saturated heterocycles. The summed E-state index contributed by atoms with van der Waals surface area (Å²) in [5.74, 6) is -0.359. The first kappa shape index (κ1) is 22.8. The molecule has 7 nitrogen and oxygen atoms in total. The van der Waals surface area contributed by atoms with Gasteiger partial charge in [0, 0.05) is 27.6 Å². The van der Waals surface area contributed by atoms with Crippen molar-refractivity contribution in [3.63, 3.8) is 0 Å². The highest BCUT2D eigenvalue weighted by Gasteiger charge is 2.15. The number of fused-ring (bicyclic) bond motifs is 1. The molecular weight excluding hydrogens is 511 g/mol. The fraction of sp³-hybridized carbons (Fsp3) is 0.0870. The van der Waals surface area contributed by atoms with Crippen molar-refractivity contribution in [1.82, 2.24) is 9.97 Å². The van der Waals surface area contributed by atoms with E-state index in [0.717, 1.165) is 21.8 Å². The van der Waals surface area contributed by atoms with Crippen LogP contribution in [-0.2, 0) is 4.79 Å². The van der Waals surface area contributed by atoms with Gasteiger partial charge in [-0.05, 0) is 42.8 Å². The second-order valence-corrected chi connectivity index (χ2v) is 8.99. The summed E-state index contributed by atoms with van der Waals surface area (Å²) in [5, 5.41) is 14.7. The van der Waals surface area contributed by atoms with Crippen LogP contribution in [0.4, 0.5) is 15.8 Å². The molecule has 0 saturated carbocycles. The van der Waals surface area contributed by atoms with Gasteiger partial charge in [0.15, 0.2) is 5.82 Å². The number of nitrogens with zero attached hydrogens (tertiary/aromatic N) is 3. The van der Waals surface area contributed by atoms with Crippen LogP contribution in [0.15, 0.2) is 70.2 Å². The molecule has 0 aliphatic carbocycles. The van der Waals surface area contributed by atoms with Gasteiger partial charge in [0.1, 0.15) is 10.8 Å². The summed E-state index contributed by atoms with van der Waals surface area (Å²) in [6.07, 6.45) is 0. The number of thioether (sulfide) groups is 1. The van der Waals surface area contributed by atoms with Crippen LogP contribution in [-0.4, -0.2) is 26.6 Å². The van der Waals surface area contributed by atoms with E-state index in [2.05, 4.69) is 31.2 Å². The van der Waals surface area contributed by atoms with Crippen LogP contribution in [0.3, 0.4) is 0 Å². The number of anilines is 1. The van der Waals surface area contributed by atoms with E-state index in [4.69, 9.17) is 0 Å². The van der Waals surface area contributed by atoms with Gasteiger partial charge in [0.2, 0.25) is 5.91 Å². The van der Waals surface area contributed by atoms with Crippen LogP contribution in [0, 0.1) is 22.9 Å². The number of non-ortho nitro benzene ring substituents is 1. The quantitative estimate of drug-likeness (QED) is 0.140. The topological polar surface area (TPSA) is 98.0 Å². The number of aryl methyl sites for hydroxylation is 1. The van der Waals surface area contributed by atoms with E-state index < -0.39 is 10.7 Å². The van der Waals surface area contributed by atoms with E-state index in [1.165, 1.54) is 24.3 Å². The normalized spacial score (nSPS) is 10.9. The molecule has 1 N–H and O–H groups in total. The molecule has 1 aromatic heterocycles. The molecule has 4 rings (SSSR count). The molecule has 10 heteroatoms. The zero-order valence-corrected chi connectivity index (χ0v) is 19.6. The highest BCUT2D eigenvalue weighted by atomic mass is 79.9. The number of nitro benzene ring substituents is 1. The summed E-state index contributed by atoms with van der Waals surface area (Å²) >= 11 is 4.54. The fourth-order valence-electron chi connectivity index (χ4n) is 3.09. The van der Waals surface area contributed by atoms with Gasteiger partial charge in [-0.15, -0.1) is 0 Å². The number of rotatable bonds is 6. The lowest BCUT2D eigenvalue weighted by atomic mass is 10.2. The average molecular weight is 527 g/mol. The maximum Gasteiger partial charge on any atom is 0.271 e. The molecule has 0 atom stereocenters. The number of nitrogens with one attached hydrogen (secondary N) is 1. The summed E-state index contributed by atoms with van der Waals surface area (Å²) < 4.78 is 14.8. The van der Waals surface area contributed by atoms with Crippen LogP contribution in [0.1, 0.15) is 5.56 Å². The fourth-order valence-corrected chi connectivity index (χ4v) is 4.16. The third-order valence-electron chi connectivity index (χ3n) is 4.77. The Bertz CT molecular complexity index is 1380. The molecule has 0 aliphatic rings. The maximum absolute atomic E-state index is 13.9. The van der Waals surface area contributed by atoms with Crippen LogP contribution in [0.2, 0.25) is 0 Å². The molecule has 0 spiro atoms. The molecule has 0 bridgehead atoms. The predicted octanol–water partition coefficient (Wildman–Crippen LogP) is 6.15. The number of hydrogen-bond donors (Lipinski definition) is 1. The van der Waals surface area contributed by atoms with Crippen LogP contribution in [0.25, 0.3) is 22.3 Å². The number of nitro groups is 1. The lowest BCUT2D eigenvalue weighted by Gasteiger charge is -2.10. The van der Waals surface area contributed by atoms with E-state index in [9.17, 15) is 19.3 Å². The summed E-state index contributed by atoms with van der Waals surface area (Å²) in [5.41, 5.74) is 2.29. The standard InChI is InChI=1S/C23H16BrFN4O3S/c1-13-2-8-17(29(31)32)11-20(13)26-21(30)12-33-23-18-10-16(25)7-9-19(18)27-22(28-23)14-3-5-15(24)6-4-14/h2-11H,12H2,1H3,(H,26,30). The molecule has 0 aliphatic heterocycles. The zero-order chi connectivity index (χ0) is 23.5. The summed E-state index contributed by atoms with van der Waals surface area (Å²) in [6, 6.07) is 16.0. The van der Waals surface area contributed by atoms with Gasteiger partial charge in [0.05, 0.1) is 21.9 Å². The molecule has 0 fully saturated rings. The Kier molecular flexibility index (Phi) is 6.66. The predicted molar refractivity (Wildman–Crippen MR) is 130 cm³/mol. The molecule has 4 aromatic rings. The summed E-state index contributed by atoms with van der Waals surface area (Å²) in [7, 11) is 0. The van der Waals surface area contributed by atoms with Crippen molar-refractivity contribution in [2.24, 2.45) is 0 Å². The van der Waals surface area contributed by atoms with Gasteiger partial charge in [-0.2, -0.15) is 0 Å². The zero-order valence-electron chi connectivity index (χ0n) is 17.2. The van der Waals surface area contributed by atoms with Crippen molar-refractivity contribution in [3.05, 3.63) is 86.6 Å². The van der Waals surface area contributed by atoms with Gasteiger partial charge < -0.3 is 5.32 Å². The highest BCUT2D eigenvalue weighted by Crippen LogP contribution is 2.30. The molecule has 1 heterocycles. The van der Waals surface area contributed by atoms with E-state index in [0.29, 0.717) is 33.0 Å². The van der Waals surface area contributed by atoms with Crippen molar-refractivity contribution < 1.29 is 14.1 Å². The number of halogens is 2. The first-order chi connectivity index (χ1) is 15.8. The number of amides is 1. The Morgan fingerprint density at radius 3 is 2.61 bits per heavy atom. The van der Waals surface area contributed by atoms with Gasteiger partial charge >= 0.3 is 0 Å². The third kappa shape index (κ3) is 5.35. The Labute approximate surface area is 200 Å². The van der Waals surface area contributed by atoms with E-state index >= 15 is 0 Å². The minimum Gasteiger partial charge on any atom is -0.325 e. The second-order valence-electron chi connectivity index (χ2n) is 7.11. The van der Waals surface area contributed by atoms with Crippen molar-refractivity contribution >= 4 is 55.9 Å². The largest absolute Gasteiger partial charge is 0.325 e. The van der Waals surface area contributed by atoms with Gasteiger partial charge in [-0.3, -0.25) is 14.9 Å². The molecule has 33 heavy (non-hydrogen) atoms. The Balaban J connectivity index is 1.60. The maximum atomic E-state index is 13.9.